The molecule has 27 heavy (non-hydrogen) atoms. The lowest BCUT2D eigenvalue weighted by Gasteiger charge is -2.25. The third-order valence-corrected chi connectivity index (χ3v) is 4.65. The molecule has 0 bridgehead atoms. The number of benzene rings is 1. The molecule has 1 saturated heterocycles. The van der Waals surface area contributed by atoms with Gasteiger partial charge in [0.15, 0.2) is 5.60 Å². The summed E-state index contributed by atoms with van der Waals surface area (Å²) in [6.07, 6.45) is 0.632. The number of hydrogen-bond donors (Lipinski definition) is 2. The van der Waals surface area contributed by atoms with Crippen LogP contribution in [0.15, 0.2) is 35.5 Å². The molecule has 2 rings (SSSR count). The van der Waals surface area contributed by atoms with Crippen LogP contribution < -0.4 is 10.6 Å². The highest BCUT2D eigenvalue weighted by atomic mass is 16.6. The Morgan fingerprint density at radius 1 is 1.19 bits per heavy atom. The largest absolute Gasteiger partial charge is 0.358 e. The summed E-state index contributed by atoms with van der Waals surface area (Å²) in [5.41, 5.74) is -0.620. The molecule has 146 valence electrons. The Morgan fingerprint density at radius 2 is 1.81 bits per heavy atom. The third-order valence-electron chi connectivity index (χ3n) is 4.65. The van der Waals surface area contributed by atoms with Gasteiger partial charge in [0.05, 0.1) is 12.5 Å². The number of hydrogen-bond acceptors (Lipinski definition) is 5. The van der Waals surface area contributed by atoms with Crippen molar-refractivity contribution in [3.05, 3.63) is 40.8 Å². The van der Waals surface area contributed by atoms with E-state index in [-0.39, 0.29) is 18.4 Å². The van der Waals surface area contributed by atoms with E-state index in [0.29, 0.717) is 12.8 Å². The Hall–Kier alpha value is -2.61. The van der Waals surface area contributed by atoms with Crippen molar-refractivity contribution in [2.75, 3.05) is 13.7 Å². The molecule has 3 atom stereocenters. The van der Waals surface area contributed by atoms with Gasteiger partial charge in [-0.1, -0.05) is 44.2 Å². The monoisotopic (exact) mass is 375 g/mol. The van der Waals surface area contributed by atoms with Crippen LogP contribution in [0.2, 0.25) is 0 Å². The van der Waals surface area contributed by atoms with Crippen molar-refractivity contribution in [1.29, 1.82) is 0 Å². The molecular formula is C19H25N3O5. The van der Waals surface area contributed by atoms with E-state index in [4.69, 9.17) is 4.74 Å². The van der Waals surface area contributed by atoms with Crippen LogP contribution in [0, 0.1) is 16.7 Å². The maximum atomic E-state index is 12.9. The van der Waals surface area contributed by atoms with Gasteiger partial charge >= 0.3 is 5.91 Å². The van der Waals surface area contributed by atoms with Gasteiger partial charge in [0.1, 0.15) is 6.04 Å². The molecular weight excluding hydrogens is 350 g/mol. The number of amides is 3. The second-order valence-electron chi connectivity index (χ2n) is 7.12. The van der Waals surface area contributed by atoms with Gasteiger partial charge in [-0.15, -0.1) is 4.91 Å². The second kappa shape index (κ2) is 8.85. The maximum absolute atomic E-state index is 12.9. The van der Waals surface area contributed by atoms with E-state index in [9.17, 15) is 19.3 Å². The van der Waals surface area contributed by atoms with Gasteiger partial charge in [-0.25, -0.2) is 0 Å². The molecule has 1 fully saturated rings. The number of carbonyl (C=O) groups is 3. The first-order valence-corrected chi connectivity index (χ1v) is 8.91. The van der Waals surface area contributed by atoms with Crippen molar-refractivity contribution >= 4 is 17.7 Å². The summed E-state index contributed by atoms with van der Waals surface area (Å²) >= 11 is 0. The molecule has 0 saturated carbocycles. The lowest BCUT2D eigenvalue weighted by Crippen LogP contribution is -2.52. The predicted molar refractivity (Wildman–Crippen MR) is 98.6 cm³/mol. The smallest absolute Gasteiger partial charge is 0.321 e. The highest BCUT2D eigenvalue weighted by Gasteiger charge is 2.61. The number of nitrogens with zero attached hydrogens (tertiary/aromatic N) is 1. The van der Waals surface area contributed by atoms with Crippen LogP contribution in [-0.4, -0.2) is 43.0 Å². The molecule has 1 unspecified atom stereocenters. The molecule has 1 aromatic rings. The third kappa shape index (κ3) is 4.97. The minimum atomic E-state index is -1.50. The zero-order valence-corrected chi connectivity index (χ0v) is 15.7. The van der Waals surface area contributed by atoms with E-state index in [1.54, 1.807) is 0 Å². The van der Waals surface area contributed by atoms with E-state index in [1.165, 1.54) is 7.05 Å². The molecule has 0 aromatic heterocycles. The Balaban J connectivity index is 2.20. The number of likely N-dealkylation sites (N-methyl/N-ethyl adjacent to an activating group) is 1. The molecule has 1 heterocycles. The van der Waals surface area contributed by atoms with Crippen LogP contribution in [0.3, 0.4) is 0 Å². The standard InChI is InChI=1S/C19H25N3O5/c1-12(2)9-14(19(11-27-19)18(25)22-26)16(23)21-15(17(24)20-3)10-13-7-5-4-6-8-13/h4-8,12,14-15H,9-11H2,1-3H3,(H,20,24)(H,21,23)/t14?,15-,19+/m0/s1. The number of carbonyl (C=O) groups excluding carboxylic acids is 3. The molecule has 1 aliphatic rings. The number of ether oxygens (including phenoxy) is 1. The van der Waals surface area contributed by atoms with Gasteiger partial charge in [0.25, 0.3) is 0 Å². The fraction of sp³-hybridized carbons (Fsp3) is 0.526. The van der Waals surface area contributed by atoms with Gasteiger partial charge in [0, 0.05) is 18.6 Å². The quantitative estimate of drug-likeness (QED) is 0.496. The van der Waals surface area contributed by atoms with Crippen LogP contribution in [0.5, 0.6) is 0 Å². The van der Waals surface area contributed by atoms with E-state index in [2.05, 4.69) is 15.8 Å². The Kier molecular flexibility index (Phi) is 6.79. The van der Waals surface area contributed by atoms with Gasteiger partial charge in [-0.2, -0.15) is 0 Å². The van der Waals surface area contributed by atoms with Crippen molar-refractivity contribution in [3.8, 4) is 0 Å². The summed E-state index contributed by atoms with van der Waals surface area (Å²) in [6, 6.07) is 8.47. The molecule has 8 nitrogen and oxygen atoms in total. The van der Waals surface area contributed by atoms with Gasteiger partial charge in [0.2, 0.25) is 11.8 Å². The highest BCUT2D eigenvalue weighted by molar-refractivity contribution is 5.97. The average Bonchev–Trinajstić information content (AvgIpc) is 3.46. The van der Waals surface area contributed by atoms with Crippen molar-refractivity contribution in [2.45, 2.75) is 38.3 Å². The van der Waals surface area contributed by atoms with Crippen molar-refractivity contribution < 1.29 is 19.1 Å². The summed E-state index contributed by atoms with van der Waals surface area (Å²) < 4.78 is 5.21. The molecule has 3 amide bonds. The van der Waals surface area contributed by atoms with Crippen LogP contribution in [0.4, 0.5) is 0 Å². The molecule has 2 N–H and O–H groups in total. The van der Waals surface area contributed by atoms with Crippen LogP contribution in [0.1, 0.15) is 25.8 Å². The summed E-state index contributed by atoms with van der Waals surface area (Å²) in [7, 11) is 1.49. The second-order valence-corrected chi connectivity index (χ2v) is 7.12. The fourth-order valence-electron chi connectivity index (χ4n) is 3.11. The van der Waals surface area contributed by atoms with Crippen molar-refractivity contribution in [3.63, 3.8) is 0 Å². The zero-order valence-electron chi connectivity index (χ0n) is 15.7. The summed E-state index contributed by atoms with van der Waals surface area (Å²) in [5, 5.41) is 7.72. The van der Waals surface area contributed by atoms with Crippen LogP contribution in [-0.2, 0) is 25.5 Å². The topological polar surface area (TPSA) is 117 Å². The highest BCUT2D eigenvalue weighted by Crippen LogP contribution is 2.40. The predicted octanol–water partition coefficient (Wildman–Crippen LogP) is 1.18. The first kappa shape index (κ1) is 20.7. The molecule has 0 aliphatic carbocycles. The first-order valence-electron chi connectivity index (χ1n) is 8.91. The molecule has 1 aromatic carbocycles. The normalized spacial score (nSPS) is 20.4. The Morgan fingerprint density at radius 3 is 2.30 bits per heavy atom. The summed E-state index contributed by atoms with van der Waals surface area (Å²) in [5.74, 6) is -2.63. The lowest BCUT2D eigenvalue weighted by atomic mass is 9.84. The van der Waals surface area contributed by atoms with E-state index in [1.807, 2.05) is 44.2 Å². The Bertz CT molecular complexity index is 701. The number of rotatable bonds is 9. The Labute approximate surface area is 158 Å². The minimum absolute atomic E-state index is 0.0221. The molecule has 0 radical (unpaired) electrons. The van der Waals surface area contributed by atoms with E-state index < -0.39 is 29.4 Å². The number of nitrogens with one attached hydrogen (secondary N) is 2. The van der Waals surface area contributed by atoms with E-state index >= 15 is 0 Å². The van der Waals surface area contributed by atoms with Gasteiger partial charge in [-0.05, 0) is 17.9 Å². The number of epoxide rings is 1. The molecule has 1 aliphatic heterocycles. The molecule has 8 heteroatoms. The van der Waals surface area contributed by atoms with Crippen LogP contribution >= 0.6 is 0 Å². The zero-order chi connectivity index (χ0) is 20.0. The summed E-state index contributed by atoms with van der Waals surface area (Å²) in [4.78, 5) is 47.9. The van der Waals surface area contributed by atoms with Crippen molar-refractivity contribution in [2.24, 2.45) is 17.0 Å². The first-order chi connectivity index (χ1) is 12.8. The fourth-order valence-corrected chi connectivity index (χ4v) is 3.11. The van der Waals surface area contributed by atoms with Gasteiger partial charge in [-0.3, -0.25) is 14.4 Å². The SMILES string of the molecule is CNC(=O)[C@H](Cc1ccccc1)NC(=O)C(CC(C)C)[C@@]1(C(=O)N=O)CO1. The summed E-state index contributed by atoms with van der Waals surface area (Å²) in [6.45, 7) is 3.77. The minimum Gasteiger partial charge on any atom is -0.358 e. The van der Waals surface area contributed by atoms with Gasteiger partial charge < -0.3 is 15.4 Å². The van der Waals surface area contributed by atoms with Crippen molar-refractivity contribution in [1.82, 2.24) is 10.6 Å². The molecule has 0 spiro atoms. The number of nitroso groups, excluding NO2 is 1. The van der Waals surface area contributed by atoms with Crippen LogP contribution in [0.25, 0.3) is 0 Å². The average molecular weight is 375 g/mol. The van der Waals surface area contributed by atoms with E-state index in [0.717, 1.165) is 5.56 Å². The maximum Gasteiger partial charge on any atom is 0.321 e. The lowest BCUT2D eigenvalue weighted by molar-refractivity contribution is -0.137.